The predicted molar refractivity (Wildman–Crippen MR) is 118 cm³/mol. The van der Waals surface area contributed by atoms with Crippen molar-refractivity contribution >= 4 is 17.8 Å². The molecule has 7 heteroatoms. The highest BCUT2D eigenvalue weighted by atomic mass is 16.5. The molecular formula is C24H30N2O5. The number of phenols is 1. The molecule has 0 unspecified atom stereocenters. The average molecular weight is 427 g/mol. The van der Waals surface area contributed by atoms with Gasteiger partial charge < -0.3 is 20.5 Å². The zero-order chi connectivity index (χ0) is 23.2. The summed E-state index contributed by atoms with van der Waals surface area (Å²) in [4.78, 5) is 37.2. The Labute approximate surface area is 182 Å². The van der Waals surface area contributed by atoms with E-state index < -0.39 is 24.0 Å². The van der Waals surface area contributed by atoms with Crippen LogP contribution in [-0.2, 0) is 26.2 Å². The number of hydrogen-bond acceptors (Lipinski definition) is 5. The van der Waals surface area contributed by atoms with Crippen LogP contribution >= 0.6 is 0 Å². The molecule has 31 heavy (non-hydrogen) atoms. The van der Waals surface area contributed by atoms with Crippen LogP contribution in [-0.4, -0.2) is 42.1 Å². The van der Waals surface area contributed by atoms with E-state index >= 15 is 0 Å². The van der Waals surface area contributed by atoms with E-state index in [0.29, 0.717) is 5.56 Å². The number of esters is 1. The quantitative estimate of drug-likeness (QED) is 0.591. The second-order valence-corrected chi connectivity index (χ2v) is 8.48. The molecule has 0 saturated heterocycles. The van der Waals surface area contributed by atoms with Gasteiger partial charge >= 0.3 is 5.97 Å². The minimum Gasteiger partial charge on any atom is -0.508 e. The fraction of sp³-hybridized carbons (Fsp3) is 0.375. The Balaban J connectivity index is 2.01. The number of phenolic OH excluding ortho intramolecular Hbond substituents is 1. The van der Waals surface area contributed by atoms with Crippen molar-refractivity contribution in [3.05, 3.63) is 65.2 Å². The van der Waals surface area contributed by atoms with Gasteiger partial charge in [-0.25, -0.2) is 4.79 Å². The van der Waals surface area contributed by atoms with Crippen molar-refractivity contribution in [1.82, 2.24) is 10.6 Å². The summed E-state index contributed by atoms with van der Waals surface area (Å²) in [5, 5.41) is 14.7. The molecule has 2 aromatic carbocycles. The Morgan fingerprint density at radius 1 is 0.968 bits per heavy atom. The molecular weight excluding hydrogens is 396 g/mol. The Bertz CT molecular complexity index is 914. The van der Waals surface area contributed by atoms with E-state index in [1.165, 1.54) is 19.2 Å². The lowest BCUT2D eigenvalue weighted by atomic mass is 9.86. The highest BCUT2D eigenvalue weighted by Crippen LogP contribution is 2.22. The summed E-state index contributed by atoms with van der Waals surface area (Å²) in [5.74, 6) is -1.38. The standard InChI is InChI=1S/C24H30N2O5/c1-15(25-22(29)17-8-10-18(11-9-17)24(2,3)4)21(28)26-20(23(30)31-5)14-16-6-12-19(27)13-7-16/h6-13,15,20,27H,14H2,1-5H3,(H,25,29)(H,26,28)/t15-,20-/m0/s1. The maximum Gasteiger partial charge on any atom is 0.328 e. The van der Waals surface area contributed by atoms with E-state index in [0.717, 1.165) is 11.1 Å². The zero-order valence-corrected chi connectivity index (χ0v) is 18.6. The number of nitrogens with one attached hydrogen (secondary N) is 2. The van der Waals surface area contributed by atoms with Crippen LogP contribution in [0, 0.1) is 0 Å². The predicted octanol–water partition coefficient (Wildman–Crippen LogP) is 2.71. The molecule has 0 aromatic heterocycles. The third-order valence-corrected chi connectivity index (χ3v) is 4.93. The van der Waals surface area contributed by atoms with E-state index in [4.69, 9.17) is 4.74 Å². The molecule has 0 aliphatic heterocycles. The molecule has 0 fully saturated rings. The van der Waals surface area contributed by atoms with Crippen LogP contribution in [0.1, 0.15) is 49.2 Å². The van der Waals surface area contributed by atoms with E-state index in [1.807, 2.05) is 12.1 Å². The van der Waals surface area contributed by atoms with Gasteiger partial charge in [0.1, 0.15) is 17.8 Å². The van der Waals surface area contributed by atoms with Crippen LogP contribution in [0.5, 0.6) is 5.75 Å². The van der Waals surface area contributed by atoms with Crippen LogP contribution < -0.4 is 10.6 Å². The van der Waals surface area contributed by atoms with E-state index in [1.54, 1.807) is 31.2 Å². The second-order valence-electron chi connectivity index (χ2n) is 8.48. The van der Waals surface area contributed by atoms with Gasteiger partial charge in [0.05, 0.1) is 7.11 Å². The van der Waals surface area contributed by atoms with Crippen molar-refractivity contribution in [1.29, 1.82) is 0 Å². The van der Waals surface area contributed by atoms with Gasteiger partial charge in [0.25, 0.3) is 5.91 Å². The van der Waals surface area contributed by atoms with Gasteiger partial charge in [0, 0.05) is 12.0 Å². The maximum atomic E-state index is 12.6. The lowest BCUT2D eigenvalue weighted by Crippen LogP contribution is -2.51. The number of carbonyl (C=O) groups is 3. The van der Waals surface area contributed by atoms with Gasteiger partial charge in [-0.1, -0.05) is 45.0 Å². The third kappa shape index (κ3) is 6.84. The van der Waals surface area contributed by atoms with E-state index in [9.17, 15) is 19.5 Å². The Hall–Kier alpha value is -3.35. The van der Waals surface area contributed by atoms with Crippen LogP contribution in [0.4, 0.5) is 0 Å². The summed E-state index contributed by atoms with van der Waals surface area (Å²) < 4.78 is 4.79. The third-order valence-electron chi connectivity index (χ3n) is 4.93. The lowest BCUT2D eigenvalue weighted by molar-refractivity contribution is -0.145. The molecule has 7 nitrogen and oxygen atoms in total. The van der Waals surface area contributed by atoms with Crippen LogP contribution in [0.3, 0.4) is 0 Å². The van der Waals surface area contributed by atoms with Crippen molar-refractivity contribution in [2.45, 2.75) is 51.6 Å². The summed E-state index contributed by atoms with van der Waals surface area (Å²) in [6.45, 7) is 7.81. The number of aromatic hydroxyl groups is 1. The molecule has 3 N–H and O–H groups in total. The first-order valence-corrected chi connectivity index (χ1v) is 10.1. The van der Waals surface area contributed by atoms with Crippen molar-refractivity contribution in [3.63, 3.8) is 0 Å². The number of hydrogen-bond donors (Lipinski definition) is 3. The first-order chi connectivity index (χ1) is 14.5. The molecule has 2 rings (SSSR count). The van der Waals surface area contributed by atoms with E-state index in [-0.39, 0.29) is 23.5 Å². The lowest BCUT2D eigenvalue weighted by Gasteiger charge is -2.21. The van der Waals surface area contributed by atoms with E-state index in [2.05, 4.69) is 31.4 Å². The summed E-state index contributed by atoms with van der Waals surface area (Å²) in [5.41, 5.74) is 2.26. The first kappa shape index (κ1) is 23.9. The van der Waals surface area contributed by atoms with Gasteiger partial charge in [-0.05, 0) is 47.7 Å². The number of methoxy groups -OCH3 is 1. The monoisotopic (exact) mass is 426 g/mol. The number of benzene rings is 2. The molecule has 0 radical (unpaired) electrons. The molecule has 0 aliphatic carbocycles. The fourth-order valence-corrected chi connectivity index (χ4v) is 2.97. The summed E-state index contributed by atoms with van der Waals surface area (Å²) >= 11 is 0. The molecule has 2 aromatic rings. The van der Waals surface area contributed by atoms with Gasteiger partial charge in [0.2, 0.25) is 5.91 Å². The Kier molecular flexibility index (Phi) is 7.80. The van der Waals surface area contributed by atoms with Crippen molar-refractivity contribution < 1.29 is 24.2 Å². The number of ether oxygens (including phenoxy) is 1. The molecule has 2 atom stereocenters. The van der Waals surface area contributed by atoms with Gasteiger partial charge in [0.15, 0.2) is 0 Å². The van der Waals surface area contributed by atoms with Crippen LogP contribution in [0.15, 0.2) is 48.5 Å². The Morgan fingerprint density at radius 3 is 2.06 bits per heavy atom. The first-order valence-electron chi connectivity index (χ1n) is 10.1. The van der Waals surface area contributed by atoms with Gasteiger partial charge in [-0.15, -0.1) is 0 Å². The minimum atomic E-state index is -0.924. The maximum absolute atomic E-state index is 12.6. The van der Waals surface area contributed by atoms with Crippen LogP contribution in [0.25, 0.3) is 0 Å². The second kappa shape index (κ2) is 10.1. The highest BCUT2D eigenvalue weighted by molar-refractivity contribution is 5.98. The number of carbonyl (C=O) groups excluding carboxylic acids is 3. The highest BCUT2D eigenvalue weighted by Gasteiger charge is 2.25. The van der Waals surface area contributed by atoms with Crippen molar-refractivity contribution in [2.24, 2.45) is 0 Å². The molecule has 0 heterocycles. The molecule has 0 aliphatic rings. The molecule has 0 spiro atoms. The Morgan fingerprint density at radius 2 is 1.55 bits per heavy atom. The van der Waals surface area contributed by atoms with Crippen molar-refractivity contribution in [2.75, 3.05) is 7.11 Å². The number of amides is 2. The molecule has 0 bridgehead atoms. The fourth-order valence-electron chi connectivity index (χ4n) is 2.97. The minimum absolute atomic E-state index is 0.0252. The number of rotatable bonds is 7. The SMILES string of the molecule is COC(=O)[C@H](Cc1ccc(O)cc1)NC(=O)[C@H](C)NC(=O)c1ccc(C(C)(C)C)cc1. The van der Waals surface area contributed by atoms with Crippen molar-refractivity contribution in [3.8, 4) is 5.75 Å². The van der Waals surface area contributed by atoms with Gasteiger partial charge in [-0.2, -0.15) is 0 Å². The zero-order valence-electron chi connectivity index (χ0n) is 18.6. The molecule has 166 valence electrons. The van der Waals surface area contributed by atoms with Gasteiger partial charge in [-0.3, -0.25) is 9.59 Å². The average Bonchev–Trinajstić information content (AvgIpc) is 2.73. The molecule has 2 amide bonds. The summed E-state index contributed by atoms with van der Waals surface area (Å²) in [7, 11) is 1.24. The topological polar surface area (TPSA) is 105 Å². The summed E-state index contributed by atoms with van der Waals surface area (Å²) in [6.07, 6.45) is 0.188. The largest absolute Gasteiger partial charge is 0.508 e. The molecule has 0 saturated carbocycles. The normalized spacial score (nSPS) is 13.1. The smallest absolute Gasteiger partial charge is 0.328 e. The van der Waals surface area contributed by atoms with Crippen LogP contribution in [0.2, 0.25) is 0 Å². The summed E-state index contributed by atoms with van der Waals surface area (Å²) in [6, 6.07) is 11.8.